The molecule has 2 N–H and O–H groups in total. The fraction of sp³-hybridized carbons (Fsp3) is 0.235. The van der Waals surface area contributed by atoms with Crippen LogP contribution in [-0.2, 0) is 14.8 Å². The highest BCUT2D eigenvalue weighted by Crippen LogP contribution is 2.22. The Bertz CT molecular complexity index is 865. The lowest BCUT2D eigenvalue weighted by Gasteiger charge is -2.15. The minimum absolute atomic E-state index is 0.00886. The van der Waals surface area contributed by atoms with Gasteiger partial charge in [0.1, 0.15) is 0 Å². The third-order valence-electron chi connectivity index (χ3n) is 3.55. The quantitative estimate of drug-likeness (QED) is 0.806. The molecule has 134 valence electrons. The topological polar surface area (TPSA) is 78.5 Å². The number of aryl methyl sites for hydroxylation is 1. The second-order valence-electron chi connectivity index (χ2n) is 5.67. The number of nitrogens with zero attached hydrogens (tertiary/aromatic N) is 1. The number of carbonyl (C=O) groups excluding carboxylic acids is 1. The van der Waals surface area contributed by atoms with Crippen LogP contribution in [0.15, 0.2) is 47.4 Å². The first-order valence-corrected chi connectivity index (χ1v) is 9.34. The smallest absolute Gasteiger partial charge is 0.243 e. The Morgan fingerprint density at radius 1 is 1.12 bits per heavy atom. The van der Waals surface area contributed by atoms with Gasteiger partial charge < -0.3 is 10.6 Å². The van der Waals surface area contributed by atoms with Crippen molar-refractivity contribution in [2.45, 2.75) is 11.8 Å². The number of rotatable bonds is 6. The van der Waals surface area contributed by atoms with E-state index in [-0.39, 0.29) is 17.3 Å². The average Bonchev–Trinajstić information content (AvgIpc) is 2.56. The maximum atomic E-state index is 12.2. The van der Waals surface area contributed by atoms with Crippen LogP contribution in [0.3, 0.4) is 0 Å². The van der Waals surface area contributed by atoms with Gasteiger partial charge in [-0.1, -0.05) is 17.7 Å². The van der Waals surface area contributed by atoms with Crippen LogP contribution in [0.1, 0.15) is 5.56 Å². The fourth-order valence-corrected chi connectivity index (χ4v) is 3.13. The van der Waals surface area contributed by atoms with Crippen molar-refractivity contribution in [1.82, 2.24) is 4.31 Å². The molecule has 1 amide bonds. The molecular weight excluding hydrogens is 362 g/mol. The third-order valence-corrected chi connectivity index (χ3v) is 5.62. The molecule has 2 aromatic rings. The van der Waals surface area contributed by atoms with Crippen LogP contribution in [0.25, 0.3) is 0 Å². The largest absolute Gasteiger partial charge is 0.376 e. The summed E-state index contributed by atoms with van der Waals surface area (Å²) in [7, 11) is -0.579. The molecule has 0 saturated carbocycles. The van der Waals surface area contributed by atoms with E-state index in [4.69, 9.17) is 11.6 Å². The van der Waals surface area contributed by atoms with Crippen molar-refractivity contribution >= 4 is 38.9 Å². The van der Waals surface area contributed by atoms with Gasteiger partial charge in [0.25, 0.3) is 0 Å². The molecule has 0 aliphatic heterocycles. The molecule has 6 nitrogen and oxygen atoms in total. The molecule has 2 rings (SSSR count). The zero-order chi connectivity index (χ0) is 18.6. The predicted octanol–water partition coefficient (Wildman–Crippen LogP) is 2.95. The van der Waals surface area contributed by atoms with Crippen LogP contribution in [0.4, 0.5) is 11.4 Å². The number of anilines is 2. The molecular formula is C17H20ClN3O3S. The van der Waals surface area contributed by atoms with E-state index in [0.717, 1.165) is 9.87 Å². The maximum Gasteiger partial charge on any atom is 0.243 e. The molecule has 0 fully saturated rings. The zero-order valence-electron chi connectivity index (χ0n) is 14.2. The molecule has 0 aliphatic rings. The molecule has 0 aromatic heterocycles. The Labute approximate surface area is 152 Å². The molecule has 0 aliphatic carbocycles. The molecule has 0 saturated heterocycles. The van der Waals surface area contributed by atoms with E-state index in [9.17, 15) is 13.2 Å². The Morgan fingerprint density at radius 3 is 2.36 bits per heavy atom. The lowest BCUT2D eigenvalue weighted by molar-refractivity contribution is -0.114. The summed E-state index contributed by atoms with van der Waals surface area (Å²) in [5, 5.41) is 6.30. The summed E-state index contributed by atoms with van der Waals surface area (Å²) in [6, 6.07) is 11.6. The number of sulfonamides is 1. The minimum atomic E-state index is -3.53. The van der Waals surface area contributed by atoms with Gasteiger partial charge in [0, 0.05) is 30.5 Å². The Balaban J connectivity index is 2.07. The van der Waals surface area contributed by atoms with E-state index in [1.165, 1.54) is 20.2 Å². The number of amides is 1. The normalized spacial score (nSPS) is 11.4. The molecule has 2 aromatic carbocycles. The monoisotopic (exact) mass is 381 g/mol. The van der Waals surface area contributed by atoms with Crippen LogP contribution in [0, 0.1) is 6.92 Å². The van der Waals surface area contributed by atoms with Crippen molar-refractivity contribution < 1.29 is 13.2 Å². The van der Waals surface area contributed by atoms with Gasteiger partial charge in [-0.3, -0.25) is 4.79 Å². The second-order valence-corrected chi connectivity index (χ2v) is 8.26. The Morgan fingerprint density at radius 2 is 1.76 bits per heavy atom. The van der Waals surface area contributed by atoms with Crippen LogP contribution in [0.2, 0.25) is 5.02 Å². The molecule has 25 heavy (non-hydrogen) atoms. The molecule has 0 spiro atoms. The summed E-state index contributed by atoms with van der Waals surface area (Å²) >= 11 is 5.80. The molecule has 0 heterocycles. The van der Waals surface area contributed by atoms with Crippen molar-refractivity contribution in [2.24, 2.45) is 0 Å². The van der Waals surface area contributed by atoms with Gasteiger partial charge in [0.05, 0.1) is 11.4 Å². The van der Waals surface area contributed by atoms with Crippen molar-refractivity contribution in [1.29, 1.82) is 0 Å². The summed E-state index contributed by atoms with van der Waals surface area (Å²) in [6.07, 6.45) is 0. The van der Waals surface area contributed by atoms with Crippen LogP contribution in [-0.4, -0.2) is 39.3 Å². The van der Waals surface area contributed by atoms with Gasteiger partial charge in [-0.2, -0.15) is 0 Å². The summed E-state index contributed by atoms with van der Waals surface area (Å²) in [6.45, 7) is 1.85. The van der Waals surface area contributed by atoms with Crippen molar-refractivity contribution in [3.05, 3.63) is 53.1 Å². The first-order chi connectivity index (χ1) is 11.7. The van der Waals surface area contributed by atoms with E-state index in [1.54, 1.807) is 36.4 Å². The predicted molar refractivity (Wildman–Crippen MR) is 101 cm³/mol. The highest BCUT2D eigenvalue weighted by Gasteiger charge is 2.18. The molecule has 0 atom stereocenters. The molecule has 8 heteroatoms. The van der Waals surface area contributed by atoms with Gasteiger partial charge >= 0.3 is 0 Å². The molecule has 0 bridgehead atoms. The van der Waals surface area contributed by atoms with E-state index in [0.29, 0.717) is 16.4 Å². The van der Waals surface area contributed by atoms with Gasteiger partial charge in [0.15, 0.2) is 0 Å². The molecule has 0 radical (unpaired) electrons. The van der Waals surface area contributed by atoms with Crippen molar-refractivity contribution in [3.63, 3.8) is 0 Å². The van der Waals surface area contributed by atoms with Crippen LogP contribution in [0.5, 0.6) is 0 Å². The van der Waals surface area contributed by atoms with Gasteiger partial charge in [0.2, 0.25) is 15.9 Å². The zero-order valence-corrected chi connectivity index (χ0v) is 15.8. The Kier molecular flexibility index (Phi) is 6.05. The van der Waals surface area contributed by atoms with Gasteiger partial charge in [-0.05, 0) is 48.9 Å². The van der Waals surface area contributed by atoms with Crippen LogP contribution >= 0.6 is 11.6 Å². The number of halogens is 1. The summed E-state index contributed by atoms with van der Waals surface area (Å²) in [5.41, 5.74) is 2.07. The standard InChI is InChI=1S/C17H20ClN3O3S/c1-12-4-9-15(25(23,24)21(2)3)10-16(12)19-11-17(22)20-14-7-5-13(18)6-8-14/h4-10,19H,11H2,1-3H3,(H,20,22). The number of carbonyl (C=O) groups is 1. The number of hydrogen-bond donors (Lipinski definition) is 2. The number of nitrogens with one attached hydrogen (secondary N) is 2. The highest BCUT2D eigenvalue weighted by atomic mass is 35.5. The highest BCUT2D eigenvalue weighted by molar-refractivity contribution is 7.89. The van der Waals surface area contributed by atoms with E-state index >= 15 is 0 Å². The number of benzene rings is 2. The van der Waals surface area contributed by atoms with E-state index in [1.807, 2.05) is 6.92 Å². The van der Waals surface area contributed by atoms with Gasteiger partial charge in [-0.25, -0.2) is 12.7 Å². The van der Waals surface area contributed by atoms with Crippen molar-refractivity contribution in [3.8, 4) is 0 Å². The average molecular weight is 382 g/mol. The number of hydrogen-bond acceptors (Lipinski definition) is 4. The van der Waals surface area contributed by atoms with Crippen LogP contribution < -0.4 is 10.6 Å². The lowest BCUT2D eigenvalue weighted by atomic mass is 10.2. The summed E-state index contributed by atoms with van der Waals surface area (Å²) in [4.78, 5) is 12.2. The maximum absolute atomic E-state index is 12.2. The minimum Gasteiger partial charge on any atom is -0.376 e. The first kappa shape index (κ1) is 19.2. The van der Waals surface area contributed by atoms with E-state index in [2.05, 4.69) is 10.6 Å². The molecule has 0 unspecified atom stereocenters. The lowest BCUT2D eigenvalue weighted by Crippen LogP contribution is -2.23. The fourth-order valence-electron chi connectivity index (χ4n) is 2.08. The Hall–Kier alpha value is -2.09. The summed E-state index contributed by atoms with van der Waals surface area (Å²) in [5.74, 6) is -0.248. The van der Waals surface area contributed by atoms with E-state index < -0.39 is 10.0 Å². The SMILES string of the molecule is Cc1ccc(S(=O)(=O)N(C)C)cc1NCC(=O)Nc1ccc(Cl)cc1. The third kappa shape index (κ3) is 4.94. The van der Waals surface area contributed by atoms with Crippen molar-refractivity contribution in [2.75, 3.05) is 31.3 Å². The van der Waals surface area contributed by atoms with Gasteiger partial charge in [-0.15, -0.1) is 0 Å². The first-order valence-electron chi connectivity index (χ1n) is 7.52. The second kappa shape index (κ2) is 7.86. The summed E-state index contributed by atoms with van der Waals surface area (Å²) < 4.78 is 25.6.